The molecule has 0 aromatic rings. The third kappa shape index (κ3) is 6.32. The summed E-state index contributed by atoms with van der Waals surface area (Å²) in [4.78, 5) is 58.5. The number of aliphatic hydroxyl groups is 2. The number of nitrogens with one attached hydrogen (secondary N) is 1. The van der Waals surface area contributed by atoms with E-state index in [4.69, 9.17) is 19.4 Å². The molecule has 166 valence electrons. The molecule has 2 rings (SSSR count). The number of phosphoric acid groups is 3. The van der Waals surface area contributed by atoms with E-state index in [9.17, 15) is 38.4 Å². The Morgan fingerprint density at radius 1 is 0.966 bits per heavy atom. The van der Waals surface area contributed by atoms with Crippen LogP contribution in [0.3, 0.4) is 0 Å². The van der Waals surface area contributed by atoms with E-state index in [0.717, 1.165) is 0 Å². The van der Waals surface area contributed by atoms with Gasteiger partial charge in [-0.2, -0.15) is 8.62 Å². The number of ether oxygens (including phenoxy) is 1. The van der Waals surface area contributed by atoms with Crippen molar-refractivity contribution in [3.8, 4) is 0 Å². The van der Waals surface area contributed by atoms with Crippen molar-refractivity contribution in [3.63, 3.8) is 0 Å². The lowest BCUT2D eigenvalue weighted by molar-refractivity contribution is -0.124. The van der Waals surface area contributed by atoms with Gasteiger partial charge in [-0.05, 0) is 15.9 Å². The fraction of sp³-hybridized carbons (Fsp3) is 0.556. The molecular formula is C9H13BrNO15P3. The second-order valence-electron chi connectivity index (χ2n) is 5.47. The first kappa shape index (κ1) is 24.9. The molecule has 0 bridgehead atoms. The van der Waals surface area contributed by atoms with Gasteiger partial charge in [-0.3, -0.25) is 19.4 Å². The SMILES string of the molecule is O=C1NC(=O)C([C@@H]2O[C@H](COP(=O)(O)OP(=O)(O)OP(=O)(O)O)[C@@H](O)[C@H]2O)=C1Br. The van der Waals surface area contributed by atoms with Crippen LogP contribution in [0.1, 0.15) is 0 Å². The summed E-state index contributed by atoms with van der Waals surface area (Å²) >= 11 is 2.82. The number of carbonyl (C=O) groups is 2. The molecule has 29 heavy (non-hydrogen) atoms. The van der Waals surface area contributed by atoms with Crippen LogP contribution in [0.5, 0.6) is 0 Å². The molecule has 0 radical (unpaired) electrons. The Kier molecular flexibility index (Phi) is 7.43. The van der Waals surface area contributed by atoms with Crippen LogP contribution in [0.2, 0.25) is 0 Å². The number of imide groups is 1. The van der Waals surface area contributed by atoms with Crippen molar-refractivity contribution < 1.29 is 71.0 Å². The van der Waals surface area contributed by atoms with Crippen LogP contribution in [-0.4, -0.2) is 72.6 Å². The van der Waals surface area contributed by atoms with Gasteiger partial charge in [-0.1, -0.05) is 0 Å². The summed E-state index contributed by atoms with van der Waals surface area (Å²) in [5, 5.41) is 21.9. The molecule has 0 saturated carbocycles. The number of rotatable bonds is 8. The summed E-state index contributed by atoms with van der Waals surface area (Å²) in [6.07, 6.45) is -6.70. The molecular weight excluding hydrogens is 535 g/mol. The fourth-order valence-electron chi connectivity index (χ4n) is 2.30. The van der Waals surface area contributed by atoms with Crippen LogP contribution in [0.15, 0.2) is 10.1 Å². The minimum atomic E-state index is -5.73. The average molecular weight is 548 g/mol. The van der Waals surface area contributed by atoms with E-state index in [2.05, 4.69) is 29.1 Å². The number of phosphoric ester groups is 1. The van der Waals surface area contributed by atoms with Crippen molar-refractivity contribution in [2.75, 3.05) is 6.61 Å². The standard InChI is InChI=1S/C9H13BrNO15P3/c10-4-3(8(14)11-9(4)15)7-6(13)5(12)2(24-7)1-23-28(19,20)26-29(21,22)25-27(16,17)18/h2,5-7,12-13H,1H2,(H,19,20)(H,21,22)(H,11,14,15)(H2,16,17,18)/t2-,5-,6-,7+/m1/s1. The predicted molar refractivity (Wildman–Crippen MR) is 89.6 cm³/mol. The molecule has 2 aliphatic heterocycles. The van der Waals surface area contributed by atoms with E-state index in [-0.39, 0.29) is 10.1 Å². The minimum Gasteiger partial charge on any atom is -0.387 e. The van der Waals surface area contributed by atoms with Crippen LogP contribution < -0.4 is 5.32 Å². The highest BCUT2D eigenvalue weighted by molar-refractivity contribution is 9.12. The van der Waals surface area contributed by atoms with Gasteiger partial charge in [0, 0.05) is 0 Å². The zero-order valence-electron chi connectivity index (χ0n) is 13.6. The van der Waals surface area contributed by atoms with Crippen molar-refractivity contribution in [2.45, 2.75) is 24.4 Å². The lowest BCUT2D eigenvalue weighted by Crippen LogP contribution is -2.36. The van der Waals surface area contributed by atoms with Crippen molar-refractivity contribution in [2.24, 2.45) is 0 Å². The number of carbonyl (C=O) groups excluding carboxylic acids is 2. The topological polar surface area (TPSA) is 256 Å². The van der Waals surface area contributed by atoms with Gasteiger partial charge in [0.2, 0.25) is 0 Å². The summed E-state index contributed by atoms with van der Waals surface area (Å²) in [6.45, 7) is -1.06. The van der Waals surface area contributed by atoms with Crippen LogP contribution in [0.25, 0.3) is 0 Å². The second-order valence-corrected chi connectivity index (χ2v) is 10.7. The van der Waals surface area contributed by atoms with Gasteiger partial charge >= 0.3 is 23.5 Å². The third-order valence-electron chi connectivity index (χ3n) is 3.37. The van der Waals surface area contributed by atoms with Gasteiger partial charge < -0.3 is 34.5 Å². The van der Waals surface area contributed by atoms with Crippen LogP contribution in [-0.2, 0) is 41.2 Å². The largest absolute Gasteiger partial charge is 0.490 e. The Morgan fingerprint density at radius 3 is 2.03 bits per heavy atom. The molecule has 6 atom stereocenters. The molecule has 1 saturated heterocycles. The van der Waals surface area contributed by atoms with Gasteiger partial charge in [0.15, 0.2) is 0 Å². The highest BCUT2D eigenvalue weighted by Gasteiger charge is 2.50. The minimum absolute atomic E-state index is 0.271. The third-order valence-corrected chi connectivity index (χ3v) is 7.96. The first-order chi connectivity index (χ1) is 13.0. The molecule has 2 aliphatic rings. The summed E-state index contributed by atoms with van der Waals surface area (Å²) in [7, 11) is -16.8. The molecule has 20 heteroatoms. The normalized spacial score (nSPS) is 32.2. The molecule has 0 aliphatic carbocycles. The smallest absolute Gasteiger partial charge is 0.387 e. The van der Waals surface area contributed by atoms with Gasteiger partial charge in [-0.15, -0.1) is 0 Å². The first-order valence-electron chi connectivity index (χ1n) is 7.08. The predicted octanol–water partition coefficient (Wildman–Crippen LogP) is -1.88. The Labute approximate surface area is 169 Å². The lowest BCUT2D eigenvalue weighted by Gasteiger charge is -2.19. The molecule has 16 nitrogen and oxygen atoms in total. The van der Waals surface area contributed by atoms with Crippen molar-refractivity contribution in [1.29, 1.82) is 0 Å². The summed E-state index contributed by atoms with van der Waals surface area (Å²) in [5.74, 6) is -1.75. The summed E-state index contributed by atoms with van der Waals surface area (Å²) < 4.78 is 49.6. The number of amides is 2. The molecule has 0 spiro atoms. The maximum absolute atomic E-state index is 11.8. The van der Waals surface area contributed by atoms with Crippen LogP contribution >= 0.6 is 39.4 Å². The zero-order chi connectivity index (χ0) is 22.4. The first-order valence-corrected chi connectivity index (χ1v) is 12.4. The number of halogens is 1. The zero-order valence-corrected chi connectivity index (χ0v) is 17.9. The molecule has 0 aromatic heterocycles. The highest BCUT2D eigenvalue weighted by atomic mass is 79.9. The Morgan fingerprint density at radius 2 is 1.55 bits per heavy atom. The summed E-state index contributed by atoms with van der Waals surface area (Å²) in [5.41, 5.74) is -0.359. The van der Waals surface area contributed by atoms with Crippen molar-refractivity contribution in [1.82, 2.24) is 5.32 Å². The average Bonchev–Trinajstić information content (AvgIpc) is 2.91. The van der Waals surface area contributed by atoms with Crippen LogP contribution in [0.4, 0.5) is 0 Å². The van der Waals surface area contributed by atoms with Gasteiger partial charge in [-0.25, -0.2) is 13.7 Å². The number of hydrogen-bond donors (Lipinski definition) is 7. The van der Waals surface area contributed by atoms with Gasteiger partial charge in [0.1, 0.15) is 24.4 Å². The van der Waals surface area contributed by atoms with Gasteiger partial charge in [0.25, 0.3) is 11.8 Å². The van der Waals surface area contributed by atoms with E-state index in [1.54, 1.807) is 0 Å². The van der Waals surface area contributed by atoms with Crippen molar-refractivity contribution in [3.05, 3.63) is 10.1 Å². The van der Waals surface area contributed by atoms with Crippen molar-refractivity contribution >= 4 is 51.2 Å². The Hall–Kier alpha value is -0.350. The second kappa shape index (κ2) is 8.65. The number of aliphatic hydroxyl groups excluding tert-OH is 2. The van der Waals surface area contributed by atoms with E-state index in [0.29, 0.717) is 0 Å². The lowest BCUT2D eigenvalue weighted by atomic mass is 10.0. The van der Waals surface area contributed by atoms with E-state index < -0.39 is 66.3 Å². The van der Waals surface area contributed by atoms with E-state index in [1.807, 2.05) is 5.32 Å². The molecule has 7 N–H and O–H groups in total. The fourth-order valence-corrected chi connectivity index (χ4v) is 5.83. The molecule has 1 fully saturated rings. The molecule has 2 amide bonds. The Bertz CT molecular complexity index is 882. The molecule has 2 heterocycles. The van der Waals surface area contributed by atoms with E-state index >= 15 is 0 Å². The monoisotopic (exact) mass is 547 g/mol. The summed E-state index contributed by atoms with van der Waals surface area (Å²) in [6, 6.07) is 0. The maximum Gasteiger partial charge on any atom is 0.490 e. The van der Waals surface area contributed by atoms with E-state index in [1.165, 1.54) is 0 Å². The molecule has 2 unspecified atom stereocenters. The molecule has 0 aromatic carbocycles. The van der Waals surface area contributed by atoms with Gasteiger partial charge in [0.05, 0.1) is 16.7 Å². The Balaban J connectivity index is 2.05. The maximum atomic E-state index is 11.8. The highest BCUT2D eigenvalue weighted by Crippen LogP contribution is 2.66. The number of hydrogen-bond acceptors (Lipinski definition) is 11. The van der Waals surface area contributed by atoms with Crippen LogP contribution in [0, 0.1) is 0 Å². The quantitative estimate of drug-likeness (QED) is 0.129.